The van der Waals surface area contributed by atoms with Crippen LogP contribution in [0.5, 0.6) is 0 Å². The van der Waals surface area contributed by atoms with Gasteiger partial charge in [0.1, 0.15) is 5.82 Å². The molecule has 0 radical (unpaired) electrons. The van der Waals surface area contributed by atoms with Gasteiger partial charge in [0.25, 0.3) is 0 Å². The maximum absolute atomic E-state index is 4.42. The topological polar surface area (TPSA) is 54.2 Å². The molecule has 0 atom stereocenters. The smallest absolute Gasteiger partial charge is 0.191 e. The fourth-order valence-corrected chi connectivity index (χ4v) is 2.92. The van der Waals surface area contributed by atoms with Gasteiger partial charge >= 0.3 is 0 Å². The summed E-state index contributed by atoms with van der Waals surface area (Å²) in [5, 5.41) is 8.77. The van der Waals surface area contributed by atoms with E-state index in [0.29, 0.717) is 12.5 Å². The van der Waals surface area contributed by atoms with Crippen molar-refractivity contribution in [3.63, 3.8) is 0 Å². The SMILES string of the molecule is CN=C(NCCc1cccs1)NCc1nccn1CC(C)C.I. The molecule has 7 heteroatoms. The number of guanidine groups is 1. The average molecular weight is 447 g/mol. The Bertz CT molecular complexity index is 577. The highest BCUT2D eigenvalue weighted by Crippen LogP contribution is 2.08. The zero-order valence-corrected chi connectivity index (χ0v) is 17.1. The zero-order valence-electron chi connectivity index (χ0n) is 14.0. The monoisotopic (exact) mass is 447 g/mol. The van der Waals surface area contributed by atoms with E-state index in [1.54, 1.807) is 18.4 Å². The second-order valence-corrected chi connectivity index (χ2v) is 6.60. The summed E-state index contributed by atoms with van der Waals surface area (Å²) in [5.41, 5.74) is 0. The molecule has 2 aromatic rings. The van der Waals surface area contributed by atoms with Crippen LogP contribution in [-0.2, 0) is 19.5 Å². The third-order valence-corrected chi connectivity index (χ3v) is 4.18. The lowest BCUT2D eigenvalue weighted by Crippen LogP contribution is -2.38. The molecule has 0 saturated heterocycles. The molecule has 0 bridgehead atoms. The second kappa shape index (κ2) is 10.6. The minimum absolute atomic E-state index is 0. The Labute approximate surface area is 159 Å². The fraction of sp³-hybridized carbons (Fsp3) is 0.500. The number of nitrogens with one attached hydrogen (secondary N) is 2. The number of aliphatic imine (C=N–C) groups is 1. The first-order valence-electron chi connectivity index (χ1n) is 7.66. The van der Waals surface area contributed by atoms with Gasteiger partial charge in [0.2, 0.25) is 0 Å². The van der Waals surface area contributed by atoms with E-state index in [-0.39, 0.29) is 24.0 Å². The van der Waals surface area contributed by atoms with E-state index in [2.05, 4.69) is 56.5 Å². The molecular formula is C16H26IN5S. The largest absolute Gasteiger partial charge is 0.356 e. The van der Waals surface area contributed by atoms with Crippen molar-refractivity contribution in [1.29, 1.82) is 0 Å². The number of thiophene rings is 1. The zero-order chi connectivity index (χ0) is 15.8. The molecule has 0 aliphatic carbocycles. The molecule has 23 heavy (non-hydrogen) atoms. The number of halogens is 1. The van der Waals surface area contributed by atoms with Crippen LogP contribution >= 0.6 is 35.3 Å². The Morgan fingerprint density at radius 1 is 1.39 bits per heavy atom. The van der Waals surface area contributed by atoms with Crippen LogP contribution in [0.15, 0.2) is 34.9 Å². The van der Waals surface area contributed by atoms with E-state index in [1.165, 1.54) is 4.88 Å². The van der Waals surface area contributed by atoms with Crippen molar-refractivity contribution in [3.8, 4) is 0 Å². The number of hydrogen-bond donors (Lipinski definition) is 2. The van der Waals surface area contributed by atoms with Gasteiger partial charge in [-0.3, -0.25) is 4.99 Å². The molecule has 0 unspecified atom stereocenters. The number of rotatable bonds is 7. The molecule has 0 aliphatic rings. The second-order valence-electron chi connectivity index (χ2n) is 5.57. The summed E-state index contributed by atoms with van der Waals surface area (Å²) in [4.78, 5) is 10.1. The van der Waals surface area contributed by atoms with Gasteiger partial charge in [-0.15, -0.1) is 35.3 Å². The molecule has 2 rings (SSSR count). The van der Waals surface area contributed by atoms with Crippen LogP contribution in [0, 0.1) is 5.92 Å². The molecule has 0 spiro atoms. The number of nitrogens with zero attached hydrogens (tertiary/aromatic N) is 3. The highest BCUT2D eigenvalue weighted by Gasteiger charge is 2.05. The molecule has 2 heterocycles. The average Bonchev–Trinajstić information content (AvgIpc) is 3.14. The molecule has 0 saturated carbocycles. The first-order chi connectivity index (χ1) is 10.7. The summed E-state index contributed by atoms with van der Waals surface area (Å²) in [6.07, 6.45) is 4.90. The van der Waals surface area contributed by atoms with Crippen LogP contribution in [-0.4, -0.2) is 29.1 Å². The molecule has 2 N–H and O–H groups in total. The summed E-state index contributed by atoms with van der Waals surface area (Å²) in [6.45, 7) is 6.96. The van der Waals surface area contributed by atoms with E-state index in [4.69, 9.17) is 0 Å². The van der Waals surface area contributed by atoms with E-state index < -0.39 is 0 Å². The first kappa shape index (κ1) is 20.0. The van der Waals surface area contributed by atoms with Gasteiger partial charge in [-0.2, -0.15) is 0 Å². The van der Waals surface area contributed by atoms with Crippen LogP contribution in [0.3, 0.4) is 0 Å². The van der Waals surface area contributed by atoms with Crippen molar-refractivity contribution >= 4 is 41.3 Å². The van der Waals surface area contributed by atoms with Crippen LogP contribution < -0.4 is 10.6 Å². The van der Waals surface area contributed by atoms with Gasteiger partial charge in [0, 0.05) is 37.4 Å². The van der Waals surface area contributed by atoms with Crippen LogP contribution in [0.4, 0.5) is 0 Å². The predicted octanol–water partition coefficient (Wildman–Crippen LogP) is 3.13. The number of aromatic nitrogens is 2. The maximum Gasteiger partial charge on any atom is 0.191 e. The lowest BCUT2D eigenvalue weighted by Gasteiger charge is -2.13. The van der Waals surface area contributed by atoms with Crippen LogP contribution in [0.1, 0.15) is 24.5 Å². The molecule has 5 nitrogen and oxygen atoms in total. The molecule has 0 aliphatic heterocycles. The van der Waals surface area contributed by atoms with Gasteiger partial charge in [0.15, 0.2) is 5.96 Å². The van der Waals surface area contributed by atoms with E-state index >= 15 is 0 Å². The third-order valence-electron chi connectivity index (χ3n) is 3.25. The molecule has 128 valence electrons. The predicted molar refractivity (Wildman–Crippen MR) is 109 cm³/mol. The van der Waals surface area contributed by atoms with Gasteiger partial charge in [-0.25, -0.2) is 4.98 Å². The highest BCUT2D eigenvalue weighted by atomic mass is 127. The van der Waals surface area contributed by atoms with Crippen molar-refractivity contribution in [2.24, 2.45) is 10.9 Å². The van der Waals surface area contributed by atoms with Crippen molar-refractivity contribution in [2.45, 2.75) is 33.4 Å². The highest BCUT2D eigenvalue weighted by molar-refractivity contribution is 14.0. The Morgan fingerprint density at radius 3 is 2.87 bits per heavy atom. The van der Waals surface area contributed by atoms with Crippen molar-refractivity contribution in [3.05, 3.63) is 40.6 Å². The minimum atomic E-state index is 0. The molecule has 0 fully saturated rings. The number of hydrogen-bond acceptors (Lipinski definition) is 3. The van der Waals surface area contributed by atoms with Crippen LogP contribution in [0.2, 0.25) is 0 Å². The van der Waals surface area contributed by atoms with Gasteiger partial charge in [-0.1, -0.05) is 19.9 Å². The Balaban J connectivity index is 0.00000264. The van der Waals surface area contributed by atoms with E-state index in [0.717, 1.165) is 31.3 Å². The van der Waals surface area contributed by atoms with Gasteiger partial charge in [-0.05, 0) is 23.8 Å². The Kier molecular flexibility index (Phi) is 9.23. The normalized spacial score (nSPS) is 11.4. The summed E-state index contributed by atoms with van der Waals surface area (Å²) in [5.74, 6) is 2.46. The summed E-state index contributed by atoms with van der Waals surface area (Å²) in [7, 11) is 1.79. The molecule has 0 amide bonds. The van der Waals surface area contributed by atoms with Gasteiger partial charge < -0.3 is 15.2 Å². The summed E-state index contributed by atoms with van der Waals surface area (Å²) >= 11 is 1.79. The molecule has 2 aromatic heterocycles. The summed E-state index contributed by atoms with van der Waals surface area (Å²) in [6, 6.07) is 4.24. The van der Waals surface area contributed by atoms with Crippen molar-refractivity contribution in [2.75, 3.05) is 13.6 Å². The fourth-order valence-electron chi connectivity index (χ4n) is 2.21. The standard InChI is InChI=1S/C16H25N5S.HI/c1-13(2)12-21-9-8-18-15(21)11-20-16(17-3)19-7-6-14-5-4-10-22-14;/h4-5,8-10,13H,6-7,11-12H2,1-3H3,(H2,17,19,20);1H. The lowest BCUT2D eigenvalue weighted by atomic mass is 10.2. The maximum atomic E-state index is 4.42. The lowest BCUT2D eigenvalue weighted by molar-refractivity contribution is 0.503. The first-order valence-corrected chi connectivity index (χ1v) is 8.54. The summed E-state index contributed by atoms with van der Waals surface area (Å²) < 4.78 is 2.19. The van der Waals surface area contributed by atoms with Crippen molar-refractivity contribution in [1.82, 2.24) is 20.2 Å². The van der Waals surface area contributed by atoms with Crippen LogP contribution in [0.25, 0.3) is 0 Å². The Morgan fingerprint density at radius 2 is 2.22 bits per heavy atom. The van der Waals surface area contributed by atoms with E-state index in [9.17, 15) is 0 Å². The van der Waals surface area contributed by atoms with Crippen molar-refractivity contribution < 1.29 is 0 Å². The van der Waals surface area contributed by atoms with E-state index in [1.807, 2.05) is 12.4 Å². The third kappa shape index (κ3) is 6.90. The molecule has 0 aromatic carbocycles. The quantitative estimate of drug-likeness (QED) is 0.390. The Hall–Kier alpha value is -1.09. The van der Waals surface area contributed by atoms with Gasteiger partial charge in [0.05, 0.1) is 6.54 Å². The molecular weight excluding hydrogens is 421 g/mol. The minimum Gasteiger partial charge on any atom is -0.356 e. The number of imidazole rings is 1.